The minimum atomic E-state index is -0.528. The lowest BCUT2D eigenvalue weighted by atomic mass is 10.1. The molecule has 6 nitrogen and oxygen atoms in total. The molecule has 0 radical (unpaired) electrons. The molecule has 2 fully saturated rings. The molecule has 1 aromatic carbocycles. The van der Waals surface area contributed by atoms with E-state index in [-0.39, 0.29) is 10.7 Å². The Morgan fingerprint density at radius 1 is 1.18 bits per heavy atom. The predicted molar refractivity (Wildman–Crippen MR) is 115 cm³/mol. The molecule has 4 rings (SSSR count). The highest BCUT2D eigenvalue weighted by Crippen LogP contribution is 2.29. The molecule has 1 aromatic heterocycles. The molecule has 0 saturated carbocycles. The van der Waals surface area contributed by atoms with Crippen molar-refractivity contribution in [3.63, 3.8) is 0 Å². The monoisotopic (exact) mass is 459 g/mol. The zero-order valence-electron chi connectivity index (χ0n) is 15.2. The van der Waals surface area contributed by atoms with Crippen LogP contribution in [0.1, 0.15) is 24.2 Å². The minimum Gasteiger partial charge on any atom is -0.441 e. The Labute approximate surface area is 176 Å². The average Bonchev–Trinajstić information content (AvgIpc) is 3.31. The fourth-order valence-corrected chi connectivity index (χ4v) is 4.17. The fourth-order valence-electron chi connectivity index (χ4n) is 3.42. The molecule has 1 N–H and O–H groups in total. The number of furan rings is 1. The third kappa shape index (κ3) is 3.49. The number of carbonyl (C=O) groups is 2. The Bertz CT molecular complexity index is 1010. The van der Waals surface area contributed by atoms with Crippen molar-refractivity contribution < 1.29 is 14.0 Å². The molecule has 0 aliphatic carbocycles. The summed E-state index contributed by atoms with van der Waals surface area (Å²) in [5.74, 6) is 0.211. The minimum absolute atomic E-state index is 0.0155. The van der Waals surface area contributed by atoms with E-state index in [1.54, 1.807) is 12.1 Å². The average molecular weight is 460 g/mol. The van der Waals surface area contributed by atoms with Gasteiger partial charge in [-0.25, -0.2) is 0 Å². The summed E-state index contributed by atoms with van der Waals surface area (Å²) >= 11 is 8.67. The van der Waals surface area contributed by atoms with Crippen molar-refractivity contribution in [2.45, 2.75) is 19.8 Å². The van der Waals surface area contributed by atoms with Crippen LogP contribution in [0, 0.1) is 6.92 Å². The highest BCUT2D eigenvalue weighted by molar-refractivity contribution is 9.10. The summed E-state index contributed by atoms with van der Waals surface area (Å²) in [5.41, 5.74) is 1.47. The van der Waals surface area contributed by atoms with Crippen molar-refractivity contribution >= 4 is 62.7 Å². The number of anilines is 2. The van der Waals surface area contributed by atoms with E-state index in [9.17, 15) is 9.59 Å². The third-order valence-corrected chi connectivity index (χ3v) is 5.60. The maximum Gasteiger partial charge on any atom is 0.270 e. The number of nitrogens with zero attached hydrogens (tertiary/aromatic N) is 2. The van der Waals surface area contributed by atoms with Crippen LogP contribution in [0.3, 0.4) is 0 Å². The Morgan fingerprint density at radius 2 is 1.93 bits per heavy atom. The molecule has 0 unspecified atom stereocenters. The molecule has 2 saturated heterocycles. The second-order valence-corrected chi connectivity index (χ2v) is 8.06. The van der Waals surface area contributed by atoms with E-state index < -0.39 is 11.8 Å². The van der Waals surface area contributed by atoms with E-state index in [0.717, 1.165) is 41.9 Å². The molecule has 144 valence electrons. The predicted octanol–water partition coefficient (Wildman–Crippen LogP) is 3.78. The molecule has 0 spiro atoms. The maximum absolute atomic E-state index is 13.1. The molecular formula is C20H18BrN3O3S. The lowest BCUT2D eigenvalue weighted by molar-refractivity contribution is -0.122. The molecule has 28 heavy (non-hydrogen) atoms. The van der Waals surface area contributed by atoms with Gasteiger partial charge in [-0.3, -0.25) is 19.8 Å². The number of amides is 2. The van der Waals surface area contributed by atoms with Crippen LogP contribution in [0.4, 0.5) is 11.6 Å². The number of benzene rings is 1. The van der Waals surface area contributed by atoms with Gasteiger partial charge in [0.1, 0.15) is 11.3 Å². The van der Waals surface area contributed by atoms with Crippen LogP contribution in [0.25, 0.3) is 6.08 Å². The van der Waals surface area contributed by atoms with E-state index in [2.05, 4.69) is 26.1 Å². The van der Waals surface area contributed by atoms with Crippen LogP contribution < -0.4 is 15.1 Å². The molecule has 2 aromatic rings. The van der Waals surface area contributed by atoms with Gasteiger partial charge in [-0.05, 0) is 67.9 Å². The largest absolute Gasteiger partial charge is 0.441 e. The molecule has 2 aliphatic rings. The van der Waals surface area contributed by atoms with Crippen LogP contribution in [-0.4, -0.2) is 30.0 Å². The summed E-state index contributed by atoms with van der Waals surface area (Å²) in [5, 5.41) is 2.66. The summed E-state index contributed by atoms with van der Waals surface area (Å²) in [7, 11) is 0. The van der Waals surface area contributed by atoms with Crippen LogP contribution in [0.2, 0.25) is 0 Å². The first-order chi connectivity index (χ1) is 13.4. The third-order valence-electron chi connectivity index (χ3n) is 4.82. The van der Waals surface area contributed by atoms with E-state index >= 15 is 0 Å². The molecule has 0 atom stereocenters. The molecule has 2 aliphatic heterocycles. The lowest BCUT2D eigenvalue weighted by Gasteiger charge is -2.30. The highest BCUT2D eigenvalue weighted by atomic mass is 79.9. The fraction of sp³-hybridized carbons (Fsp3) is 0.250. The van der Waals surface area contributed by atoms with Gasteiger partial charge >= 0.3 is 0 Å². The van der Waals surface area contributed by atoms with Gasteiger partial charge in [-0.15, -0.1) is 0 Å². The van der Waals surface area contributed by atoms with Crippen LogP contribution in [0.5, 0.6) is 0 Å². The topological polar surface area (TPSA) is 65.8 Å². The second-order valence-electron chi connectivity index (χ2n) is 6.76. The van der Waals surface area contributed by atoms with Crippen molar-refractivity contribution in [2.75, 3.05) is 22.9 Å². The van der Waals surface area contributed by atoms with Crippen LogP contribution >= 0.6 is 28.1 Å². The smallest absolute Gasteiger partial charge is 0.270 e. The Balaban J connectivity index is 1.66. The molecular weight excluding hydrogens is 442 g/mol. The summed E-state index contributed by atoms with van der Waals surface area (Å²) in [4.78, 5) is 29.0. The Kier molecular flexibility index (Phi) is 5.07. The number of rotatable bonds is 3. The van der Waals surface area contributed by atoms with Crippen molar-refractivity contribution in [1.29, 1.82) is 0 Å². The normalized spacial score (nSPS) is 18.9. The number of nitrogens with one attached hydrogen (secondary N) is 1. The first kappa shape index (κ1) is 18.9. The number of carbonyl (C=O) groups excluding carboxylic acids is 2. The van der Waals surface area contributed by atoms with E-state index in [0.29, 0.717) is 11.4 Å². The molecule has 3 heterocycles. The number of thiocarbonyl (C=S) groups is 1. The molecule has 8 heteroatoms. The Hall–Kier alpha value is -2.45. The van der Waals surface area contributed by atoms with Gasteiger partial charge in [-0.2, -0.15) is 0 Å². The van der Waals surface area contributed by atoms with Gasteiger partial charge in [0.15, 0.2) is 11.0 Å². The zero-order valence-corrected chi connectivity index (χ0v) is 17.6. The zero-order chi connectivity index (χ0) is 19.8. The van der Waals surface area contributed by atoms with Crippen molar-refractivity contribution in [1.82, 2.24) is 5.32 Å². The summed E-state index contributed by atoms with van der Waals surface area (Å²) < 4.78 is 6.73. The SMILES string of the molecule is Cc1cc(Br)ccc1N1C(=O)C(=Cc2ccc(N3CCCC3)o2)C(=O)NC1=S. The first-order valence-corrected chi connectivity index (χ1v) is 10.2. The Morgan fingerprint density at radius 3 is 2.64 bits per heavy atom. The quantitative estimate of drug-likeness (QED) is 0.429. The van der Waals surface area contributed by atoms with Gasteiger partial charge in [-0.1, -0.05) is 15.9 Å². The van der Waals surface area contributed by atoms with Gasteiger partial charge in [0.05, 0.1) is 5.69 Å². The van der Waals surface area contributed by atoms with Crippen molar-refractivity contribution in [3.8, 4) is 0 Å². The van der Waals surface area contributed by atoms with Crippen LogP contribution in [-0.2, 0) is 9.59 Å². The standard InChI is InChI=1S/C20H18BrN3O3S/c1-12-10-13(21)4-6-16(12)24-19(26)15(18(25)22-20(24)28)11-14-5-7-17(27-14)23-8-2-3-9-23/h4-7,10-11H,2-3,8-9H2,1H3,(H,22,25,28). The summed E-state index contributed by atoms with van der Waals surface area (Å²) in [6.45, 7) is 3.78. The molecule has 0 bridgehead atoms. The maximum atomic E-state index is 13.1. The van der Waals surface area contributed by atoms with Gasteiger partial charge in [0.25, 0.3) is 11.8 Å². The van der Waals surface area contributed by atoms with Crippen molar-refractivity contribution in [2.24, 2.45) is 0 Å². The molecule has 2 amide bonds. The summed E-state index contributed by atoms with van der Waals surface area (Å²) in [6.07, 6.45) is 3.74. The second kappa shape index (κ2) is 7.52. The highest BCUT2D eigenvalue weighted by Gasteiger charge is 2.35. The number of aryl methyl sites for hydroxylation is 1. The van der Waals surface area contributed by atoms with E-state index in [4.69, 9.17) is 16.6 Å². The number of hydrogen-bond acceptors (Lipinski definition) is 5. The van der Waals surface area contributed by atoms with Gasteiger partial charge in [0.2, 0.25) is 0 Å². The van der Waals surface area contributed by atoms with Gasteiger partial charge < -0.3 is 9.32 Å². The van der Waals surface area contributed by atoms with Gasteiger partial charge in [0, 0.05) is 23.6 Å². The van der Waals surface area contributed by atoms with E-state index in [1.807, 2.05) is 25.1 Å². The summed E-state index contributed by atoms with van der Waals surface area (Å²) in [6, 6.07) is 9.14. The number of halogens is 1. The number of hydrogen-bond donors (Lipinski definition) is 1. The lowest BCUT2D eigenvalue weighted by Crippen LogP contribution is -2.54. The van der Waals surface area contributed by atoms with E-state index in [1.165, 1.54) is 11.0 Å². The van der Waals surface area contributed by atoms with Crippen molar-refractivity contribution in [3.05, 3.63) is 51.7 Å². The van der Waals surface area contributed by atoms with Crippen LogP contribution in [0.15, 0.2) is 44.8 Å². The first-order valence-electron chi connectivity index (χ1n) is 8.96.